The first-order chi connectivity index (χ1) is 16.5. The van der Waals surface area contributed by atoms with Crippen LogP contribution in [0, 0.1) is 0 Å². The van der Waals surface area contributed by atoms with Crippen LogP contribution in [0.3, 0.4) is 0 Å². The Kier molecular flexibility index (Phi) is 9.06. The maximum Gasteiger partial charge on any atom is 0.251 e. The third-order valence-electron chi connectivity index (χ3n) is 5.19. The van der Waals surface area contributed by atoms with Gasteiger partial charge < -0.3 is 25.0 Å². The topological polar surface area (TPSA) is 118 Å². The van der Waals surface area contributed by atoms with E-state index in [1.807, 2.05) is 31.2 Å². The van der Waals surface area contributed by atoms with Crippen molar-refractivity contribution in [2.24, 2.45) is 0 Å². The summed E-state index contributed by atoms with van der Waals surface area (Å²) in [6.07, 6.45) is 0.939. The van der Waals surface area contributed by atoms with Gasteiger partial charge in [-0.15, -0.1) is 10.2 Å². The second-order valence-corrected chi connectivity index (χ2v) is 8.35. The molecule has 0 saturated heterocycles. The largest absolute Gasteiger partial charge is 0.497 e. The van der Waals surface area contributed by atoms with Gasteiger partial charge in [0.2, 0.25) is 5.91 Å². The van der Waals surface area contributed by atoms with E-state index in [0.717, 1.165) is 12.1 Å². The Morgan fingerprint density at radius 1 is 1.09 bits per heavy atom. The maximum absolute atomic E-state index is 12.6. The average molecular weight is 484 g/mol. The summed E-state index contributed by atoms with van der Waals surface area (Å²) in [5.41, 5.74) is 2.37. The van der Waals surface area contributed by atoms with E-state index in [1.165, 1.54) is 17.3 Å². The molecule has 0 radical (unpaired) electrons. The number of anilines is 1. The summed E-state index contributed by atoms with van der Waals surface area (Å²) in [4.78, 5) is 25.0. The number of aliphatic hydroxyl groups excluding tert-OH is 1. The van der Waals surface area contributed by atoms with Crippen LogP contribution in [-0.2, 0) is 17.8 Å². The molecule has 3 N–H and O–H groups in total. The molecule has 10 heteroatoms. The molecule has 0 saturated carbocycles. The van der Waals surface area contributed by atoms with Crippen LogP contribution in [0.25, 0.3) is 0 Å². The zero-order valence-corrected chi connectivity index (χ0v) is 20.3. The van der Waals surface area contributed by atoms with E-state index >= 15 is 0 Å². The van der Waals surface area contributed by atoms with Crippen molar-refractivity contribution in [2.45, 2.75) is 38.0 Å². The lowest BCUT2D eigenvalue weighted by Gasteiger charge is -2.17. The van der Waals surface area contributed by atoms with Gasteiger partial charge in [0.15, 0.2) is 11.0 Å². The highest BCUT2D eigenvalue weighted by Gasteiger charge is 2.23. The number of carbonyl (C=O) groups excluding carboxylic acids is 2. The molecule has 0 unspecified atom stereocenters. The molecule has 1 aromatic heterocycles. The molecule has 0 bridgehead atoms. The second kappa shape index (κ2) is 12.2. The highest BCUT2D eigenvalue weighted by atomic mass is 32.2. The van der Waals surface area contributed by atoms with Crippen LogP contribution in [0.15, 0.2) is 53.7 Å². The van der Waals surface area contributed by atoms with Crippen molar-refractivity contribution in [3.05, 3.63) is 65.5 Å². The van der Waals surface area contributed by atoms with Crippen molar-refractivity contribution in [2.75, 3.05) is 24.8 Å². The van der Waals surface area contributed by atoms with Gasteiger partial charge in [0, 0.05) is 17.8 Å². The standard InChI is InChI=1S/C24H29N5O4S/c1-4-16-6-10-18(11-7-16)25-21(31)15-34-24-28-27-22(29(24)5-2)20(14-30)26-23(32)17-8-12-19(33-3)13-9-17/h6-13,20,30H,4-5,14-15H2,1-3H3,(H,25,31)(H,26,32)/t20-/m0/s1. The number of carbonyl (C=O) groups is 2. The van der Waals surface area contributed by atoms with E-state index in [9.17, 15) is 14.7 Å². The summed E-state index contributed by atoms with van der Waals surface area (Å²) in [6.45, 7) is 4.15. The first-order valence-corrected chi connectivity index (χ1v) is 12.0. The SMILES string of the molecule is CCc1ccc(NC(=O)CSc2nnc([C@H](CO)NC(=O)c3ccc(OC)cc3)n2CC)cc1. The molecule has 1 heterocycles. The van der Waals surface area contributed by atoms with Gasteiger partial charge in [0.25, 0.3) is 5.91 Å². The first-order valence-electron chi connectivity index (χ1n) is 11.0. The molecular formula is C24H29N5O4S. The lowest BCUT2D eigenvalue weighted by molar-refractivity contribution is -0.113. The molecule has 3 rings (SSSR count). The minimum Gasteiger partial charge on any atom is -0.497 e. The molecule has 0 aliphatic carbocycles. The predicted molar refractivity (Wildman–Crippen MR) is 131 cm³/mol. The summed E-state index contributed by atoms with van der Waals surface area (Å²) in [5.74, 6) is 0.702. The fourth-order valence-corrected chi connectivity index (χ4v) is 4.10. The molecule has 2 amide bonds. The summed E-state index contributed by atoms with van der Waals surface area (Å²) in [7, 11) is 1.55. The molecule has 0 fully saturated rings. The molecule has 0 spiro atoms. The Balaban J connectivity index is 1.63. The van der Waals surface area contributed by atoms with Gasteiger partial charge in [-0.2, -0.15) is 0 Å². The lowest BCUT2D eigenvalue weighted by atomic mass is 10.1. The molecule has 2 aromatic carbocycles. The number of amides is 2. The van der Waals surface area contributed by atoms with Crippen LogP contribution in [0.5, 0.6) is 5.75 Å². The van der Waals surface area contributed by atoms with Crippen LogP contribution in [0.1, 0.15) is 41.6 Å². The van der Waals surface area contributed by atoms with Gasteiger partial charge in [0.05, 0.1) is 19.5 Å². The second-order valence-electron chi connectivity index (χ2n) is 7.41. The molecule has 3 aromatic rings. The van der Waals surface area contributed by atoms with Crippen LogP contribution in [0.2, 0.25) is 0 Å². The van der Waals surface area contributed by atoms with Gasteiger partial charge in [0.1, 0.15) is 11.8 Å². The van der Waals surface area contributed by atoms with Crippen LogP contribution in [0.4, 0.5) is 5.69 Å². The Morgan fingerprint density at radius 2 is 1.79 bits per heavy atom. The zero-order chi connectivity index (χ0) is 24.5. The van der Waals surface area contributed by atoms with E-state index in [1.54, 1.807) is 35.9 Å². The number of thioether (sulfide) groups is 1. The number of ether oxygens (including phenoxy) is 1. The molecule has 180 valence electrons. The highest BCUT2D eigenvalue weighted by molar-refractivity contribution is 7.99. The van der Waals surface area contributed by atoms with Crippen molar-refractivity contribution in [1.29, 1.82) is 0 Å². The summed E-state index contributed by atoms with van der Waals surface area (Å²) >= 11 is 1.24. The van der Waals surface area contributed by atoms with E-state index in [4.69, 9.17) is 4.74 Å². The Morgan fingerprint density at radius 3 is 2.38 bits per heavy atom. The van der Waals surface area contributed by atoms with E-state index in [-0.39, 0.29) is 24.2 Å². The molecular weight excluding hydrogens is 454 g/mol. The van der Waals surface area contributed by atoms with Gasteiger partial charge in [-0.3, -0.25) is 9.59 Å². The molecule has 0 aliphatic rings. The van der Waals surface area contributed by atoms with Crippen LogP contribution in [-0.4, -0.2) is 51.2 Å². The minimum absolute atomic E-state index is 0.148. The van der Waals surface area contributed by atoms with Crippen molar-refractivity contribution < 1.29 is 19.4 Å². The number of benzene rings is 2. The number of aliphatic hydroxyl groups is 1. The molecule has 9 nitrogen and oxygen atoms in total. The van der Waals surface area contributed by atoms with Crippen molar-refractivity contribution in [3.8, 4) is 5.75 Å². The molecule has 1 atom stereocenters. The van der Waals surface area contributed by atoms with Crippen molar-refractivity contribution >= 4 is 29.3 Å². The molecule has 0 aliphatic heterocycles. The van der Waals surface area contributed by atoms with Crippen LogP contribution < -0.4 is 15.4 Å². The number of nitrogens with one attached hydrogen (secondary N) is 2. The minimum atomic E-state index is -0.748. The Bertz CT molecular complexity index is 1100. The average Bonchev–Trinajstić information content (AvgIpc) is 3.29. The number of rotatable bonds is 11. The number of hydrogen-bond donors (Lipinski definition) is 3. The number of aromatic nitrogens is 3. The lowest BCUT2D eigenvalue weighted by Crippen LogP contribution is -2.32. The van der Waals surface area contributed by atoms with Crippen molar-refractivity contribution in [1.82, 2.24) is 20.1 Å². The van der Waals surface area contributed by atoms with Crippen molar-refractivity contribution in [3.63, 3.8) is 0 Å². The Labute approximate surface area is 202 Å². The van der Waals surface area contributed by atoms with E-state index in [2.05, 4.69) is 27.8 Å². The first kappa shape index (κ1) is 25.3. The summed E-state index contributed by atoms with van der Waals surface area (Å²) < 4.78 is 6.89. The van der Waals surface area contributed by atoms with Crippen LogP contribution >= 0.6 is 11.8 Å². The number of aryl methyl sites for hydroxylation is 1. The summed E-state index contributed by atoms with van der Waals surface area (Å²) in [6, 6.07) is 13.6. The van der Waals surface area contributed by atoms with Gasteiger partial charge in [-0.1, -0.05) is 30.8 Å². The quantitative estimate of drug-likeness (QED) is 0.359. The van der Waals surface area contributed by atoms with Gasteiger partial charge in [-0.25, -0.2) is 0 Å². The Hall–Kier alpha value is -3.37. The fraction of sp³-hybridized carbons (Fsp3) is 0.333. The third kappa shape index (κ3) is 6.36. The molecule has 34 heavy (non-hydrogen) atoms. The van der Waals surface area contributed by atoms with Gasteiger partial charge in [-0.05, 0) is 55.3 Å². The van der Waals surface area contributed by atoms with E-state index < -0.39 is 6.04 Å². The smallest absolute Gasteiger partial charge is 0.251 e. The number of nitrogens with zero attached hydrogens (tertiary/aromatic N) is 3. The predicted octanol–water partition coefficient (Wildman–Crippen LogP) is 3.06. The maximum atomic E-state index is 12.6. The monoisotopic (exact) mass is 483 g/mol. The zero-order valence-electron chi connectivity index (χ0n) is 19.4. The fourth-order valence-electron chi connectivity index (χ4n) is 3.29. The highest BCUT2D eigenvalue weighted by Crippen LogP contribution is 2.22. The third-order valence-corrected chi connectivity index (χ3v) is 6.16. The van der Waals surface area contributed by atoms with Gasteiger partial charge >= 0.3 is 0 Å². The normalized spacial score (nSPS) is 11.6. The number of hydrogen-bond acceptors (Lipinski definition) is 7. The summed E-state index contributed by atoms with van der Waals surface area (Å²) in [5, 5.41) is 24.5. The van der Waals surface area contributed by atoms with E-state index in [0.29, 0.717) is 28.8 Å². The number of methoxy groups -OCH3 is 1.